The fraction of sp³-hybridized carbons (Fsp3) is 0.154. The zero-order valence-electron chi connectivity index (χ0n) is 10.4. The molecule has 0 saturated carbocycles. The average Bonchev–Trinajstić information content (AvgIpc) is 2.39. The van der Waals surface area contributed by atoms with Gasteiger partial charge in [-0.15, -0.1) is 0 Å². The number of nitrogens with zero attached hydrogens (tertiary/aromatic N) is 3. The first-order valence-corrected chi connectivity index (χ1v) is 5.65. The molecule has 0 fully saturated rings. The summed E-state index contributed by atoms with van der Waals surface area (Å²) in [5.74, 6) is -0.333. The van der Waals surface area contributed by atoms with Crippen molar-refractivity contribution < 1.29 is 10.0 Å². The summed E-state index contributed by atoms with van der Waals surface area (Å²) in [5.41, 5.74) is 1.42. The lowest BCUT2D eigenvalue weighted by Gasteiger charge is -2.19. The van der Waals surface area contributed by atoms with Gasteiger partial charge in [-0.2, -0.15) is 0 Å². The molecule has 0 atom stereocenters. The van der Waals surface area contributed by atoms with E-state index < -0.39 is 4.92 Å². The van der Waals surface area contributed by atoms with E-state index in [1.54, 1.807) is 18.5 Å². The van der Waals surface area contributed by atoms with Gasteiger partial charge in [-0.25, -0.2) is 0 Å². The van der Waals surface area contributed by atoms with Crippen molar-refractivity contribution in [2.45, 2.75) is 6.54 Å². The second-order valence-corrected chi connectivity index (χ2v) is 4.15. The van der Waals surface area contributed by atoms with Crippen LogP contribution in [0, 0.1) is 10.1 Å². The lowest BCUT2D eigenvalue weighted by Crippen LogP contribution is -2.16. The fourth-order valence-corrected chi connectivity index (χ4v) is 1.76. The van der Waals surface area contributed by atoms with Gasteiger partial charge in [-0.3, -0.25) is 15.1 Å². The van der Waals surface area contributed by atoms with E-state index in [1.165, 1.54) is 12.1 Å². The van der Waals surface area contributed by atoms with E-state index in [9.17, 15) is 15.2 Å². The van der Waals surface area contributed by atoms with Crippen LogP contribution in [0.25, 0.3) is 0 Å². The minimum atomic E-state index is -0.611. The largest absolute Gasteiger partial charge is 0.502 e. The highest BCUT2D eigenvalue weighted by Crippen LogP contribution is 2.30. The van der Waals surface area contributed by atoms with Crippen LogP contribution in [0.2, 0.25) is 0 Å². The van der Waals surface area contributed by atoms with Crippen molar-refractivity contribution in [1.82, 2.24) is 4.98 Å². The minimum Gasteiger partial charge on any atom is -0.502 e. The number of nitro groups is 1. The van der Waals surface area contributed by atoms with Gasteiger partial charge in [0.1, 0.15) is 0 Å². The molecule has 2 rings (SSSR count). The van der Waals surface area contributed by atoms with Crippen LogP contribution >= 0.6 is 0 Å². The Morgan fingerprint density at radius 3 is 2.79 bits per heavy atom. The molecule has 19 heavy (non-hydrogen) atoms. The molecule has 1 N–H and O–H groups in total. The summed E-state index contributed by atoms with van der Waals surface area (Å²) >= 11 is 0. The second-order valence-electron chi connectivity index (χ2n) is 4.15. The number of benzene rings is 1. The highest BCUT2D eigenvalue weighted by molar-refractivity contribution is 5.58. The molecular formula is C13H13N3O3. The minimum absolute atomic E-state index is 0.293. The number of hydrogen-bond acceptors (Lipinski definition) is 5. The number of nitro benzene ring substituents is 1. The van der Waals surface area contributed by atoms with Crippen molar-refractivity contribution in [2.75, 3.05) is 11.9 Å². The maximum Gasteiger partial charge on any atom is 0.310 e. The van der Waals surface area contributed by atoms with Gasteiger partial charge in [-0.05, 0) is 17.7 Å². The summed E-state index contributed by atoms with van der Waals surface area (Å²) in [4.78, 5) is 15.9. The lowest BCUT2D eigenvalue weighted by atomic mass is 10.2. The molecule has 0 radical (unpaired) electrons. The molecule has 1 aromatic heterocycles. The van der Waals surface area contributed by atoms with E-state index in [4.69, 9.17) is 0 Å². The molecule has 1 heterocycles. The molecule has 1 aromatic carbocycles. The molecule has 0 aliphatic carbocycles. The number of aromatic nitrogens is 1. The van der Waals surface area contributed by atoms with E-state index >= 15 is 0 Å². The van der Waals surface area contributed by atoms with E-state index in [2.05, 4.69) is 4.98 Å². The summed E-state index contributed by atoms with van der Waals surface area (Å²) in [6.07, 6.45) is 3.45. The third-order valence-electron chi connectivity index (χ3n) is 2.74. The number of hydrogen-bond donors (Lipinski definition) is 1. The van der Waals surface area contributed by atoms with Crippen LogP contribution in [-0.4, -0.2) is 22.1 Å². The first-order chi connectivity index (χ1) is 9.08. The maximum absolute atomic E-state index is 10.6. The van der Waals surface area contributed by atoms with Gasteiger partial charge >= 0.3 is 5.69 Å². The van der Waals surface area contributed by atoms with E-state index in [0.29, 0.717) is 12.2 Å². The molecule has 0 aliphatic rings. The van der Waals surface area contributed by atoms with Crippen molar-refractivity contribution in [3.63, 3.8) is 0 Å². The molecule has 6 nitrogen and oxygen atoms in total. The summed E-state index contributed by atoms with van der Waals surface area (Å²) in [5, 5.41) is 20.2. The normalized spacial score (nSPS) is 10.2. The number of anilines is 1. The van der Waals surface area contributed by atoms with Crippen LogP contribution in [0.4, 0.5) is 11.4 Å². The molecule has 0 unspecified atom stereocenters. The van der Waals surface area contributed by atoms with Crippen LogP contribution in [0.3, 0.4) is 0 Å². The highest BCUT2D eigenvalue weighted by Gasteiger charge is 2.14. The average molecular weight is 259 g/mol. The SMILES string of the molecule is CN(Cc1cccnc1)c1ccc([N+](=O)[O-])c(O)c1. The molecule has 2 aromatic rings. The fourth-order valence-electron chi connectivity index (χ4n) is 1.76. The van der Waals surface area contributed by atoms with Gasteiger partial charge in [0.2, 0.25) is 0 Å². The molecule has 98 valence electrons. The molecule has 0 bridgehead atoms. The Kier molecular flexibility index (Phi) is 3.61. The number of rotatable bonds is 4. The summed E-state index contributed by atoms with van der Waals surface area (Å²) in [6.45, 7) is 0.602. The smallest absolute Gasteiger partial charge is 0.310 e. The van der Waals surface area contributed by atoms with Gasteiger partial charge in [-0.1, -0.05) is 6.07 Å². The monoisotopic (exact) mass is 259 g/mol. The number of pyridine rings is 1. The van der Waals surface area contributed by atoms with Crippen LogP contribution in [0.5, 0.6) is 5.75 Å². The first kappa shape index (κ1) is 12.8. The van der Waals surface area contributed by atoms with E-state index in [-0.39, 0.29) is 11.4 Å². The molecule has 0 saturated heterocycles. The number of aromatic hydroxyl groups is 1. The zero-order valence-corrected chi connectivity index (χ0v) is 10.4. The third kappa shape index (κ3) is 2.98. The Balaban J connectivity index is 2.18. The topological polar surface area (TPSA) is 79.5 Å². The highest BCUT2D eigenvalue weighted by atomic mass is 16.6. The van der Waals surface area contributed by atoms with Crippen LogP contribution in [0.15, 0.2) is 42.7 Å². The summed E-state index contributed by atoms with van der Waals surface area (Å²) in [7, 11) is 1.84. The summed E-state index contributed by atoms with van der Waals surface area (Å²) < 4.78 is 0. The first-order valence-electron chi connectivity index (χ1n) is 5.65. The Morgan fingerprint density at radius 2 is 2.21 bits per heavy atom. The van der Waals surface area contributed by atoms with Gasteiger partial charge in [0, 0.05) is 43.8 Å². The molecule has 0 spiro atoms. The predicted octanol–water partition coefficient (Wildman–Crippen LogP) is 2.33. The standard InChI is InChI=1S/C13H13N3O3/c1-15(9-10-3-2-6-14-8-10)11-4-5-12(16(18)19)13(17)7-11/h2-8,17H,9H2,1H3. The Labute approximate surface area is 110 Å². The lowest BCUT2D eigenvalue weighted by molar-refractivity contribution is -0.385. The van der Waals surface area contributed by atoms with Crippen molar-refractivity contribution in [3.05, 3.63) is 58.4 Å². The Morgan fingerprint density at radius 1 is 1.42 bits per heavy atom. The quantitative estimate of drug-likeness (QED) is 0.673. The van der Waals surface area contributed by atoms with Crippen molar-refractivity contribution >= 4 is 11.4 Å². The van der Waals surface area contributed by atoms with Gasteiger partial charge in [0.25, 0.3) is 0 Å². The van der Waals surface area contributed by atoms with Crippen molar-refractivity contribution in [2.24, 2.45) is 0 Å². The zero-order chi connectivity index (χ0) is 13.8. The van der Waals surface area contributed by atoms with Crippen molar-refractivity contribution in [3.8, 4) is 5.75 Å². The van der Waals surface area contributed by atoms with Crippen LogP contribution in [-0.2, 0) is 6.54 Å². The molecule has 0 amide bonds. The van der Waals surface area contributed by atoms with E-state index in [1.807, 2.05) is 24.1 Å². The molecule has 6 heteroatoms. The van der Waals surface area contributed by atoms with Gasteiger partial charge in [0.15, 0.2) is 5.75 Å². The third-order valence-corrected chi connectivity index (χ3v) is 2.74. The Bertz CT molecular complexity index is 587. The molecular weight excluding hydrogens is 246 g/mol. The predicted molar refractivity (Wildman–Crippen MR) is 71.1 cm³/mol. The Hall–Kier alpha value is -2.63. The van der Waals surface area contributed by atoms with E-state index in [0.717, 1.165) is 5.56 Å². The molecule has 0 aliphatic heterocycles. The van der Waals surface area contributed by atoms with Gasteiger partial charge < -0.3 is 10.0 Å². The van der Waals surface area contributed by atoms with Crippen molar-refractivity contribution in [1.29, 1.82) is 0 Å². The maximum atomic E-state index is 10.6. The van der Waals surface area contributed by atoms with Crippen LogP contribution < -0.4 is 4.90 Å². The second kappa shape index (κ2) is 5.34. The number of phenolic OH excluding ortho intramolecular Hbond substituents is 1. The van der Waals surface area contributed by atoms with Crippen LogP contribution in [0.1, 0.15) is 5.56 Å². The summed E-state index contributed by atoms with van der Waals surface area (Å²) in [6, 6.07) is 8.07. The van der Waals surface area contributed by atoms with Gasteiger partial charge in [0.05, 0.1) is 4.92 Å². The number of phenols is 1.